The van der Waals surface area contributed by atoms with Gasteiger partial charge >= 0.3 is 0 Å². The molecule has 0 saturated carbocycles. The normalized spacial score (nSPS) is 11.1. The van der Waals surface area contributed by atoms with E-state index in [-0.39, 0.29) is 18.9 Å². The second kappa shape index (κ2) is 11.1. The van der Waals surface area contributed by atoms with Crippen LogP contribution in [0.25, 0.3) is 0 Å². The molecule has 0 radical (unpaired) electrons. The number of nitrogens with one attached hydrogen (secondary N) is 1. The van der Waals surface area contributed by atoms with E-state index in [1.807, 2.05) is 37.4 Å². The molecule has 0 heterocycles. The standard InChI is InChI=1S/C21H28ClN3O3S/c1-24(19-10-4-3-5-11-19)15-8-14-23-21(26)13-7-16-25(29(2,27)28)20-12-6-9-18(22)17-20/h3-6,9-12,17H,7-8,13-16H2,1-2H3,(H,23,26). The van der Waals surface area contributed by atoms with Gasteiger partial charge in [-0.05, 0) is 43.2 Å². The summed E-state index contributed by atoms with van der Waals surface area (Å²) in [5, 5.41) is 3.36. The van der Waals surface area contributed by atoms with Crippen LogP contribution in [-0.2, 0) is 14.8 Å². The zero-order valence-electron chi connectivity index (χ0n) is 16.8. The van der Waals surface area contributed by atoms with Gasteiger partial charge in [0.2, 0.25) is 15.9 Å². The highest BCUT2D eigenvalue weighted by Gasteiger charge is 2.17. The fourth-order valence-electron chi connectivity index (χ4n) is 2.94. The molecule has 6 nitrogen and oxygen atoms in total. The Morgan fingerprint density at radius 2 is 1.69 bits per heavy atom. The van der Waals surface area contributed by atoms with Crippen LogP contribution in [0.15, 0.2) is 54.6 Å². The van der Waals surface area contributed by atoms with Gasteiger partial charge in [-0.3, -0.25) is 9.10 Å². The topological polar surface area (TPSA) is 69.7 Å². The first-order valence-electron chi connectivity index (χ1n) is 9.53. The molecular weight excluding hydrogens is 410 g/mol. The molecule has 158 valence electrons. The van der Waals surface area contributed by atoms with Crippen LogP contribution in [0, 0.1) is 0 Å². The van der Waals surface area contributed by atoms with Gasteiger partial charge in [0, 0.05) is 43.8 Å². The average Bonchev–Trinajstić information content (AvgIpc) is 2.68. The predicted molar refractivity (Wildman–Crippen MR) is 120 cm³/mol. The molecule has 8 heteroatoms. The second-order valence-corrected chi connectivity index (χ2v) is 9.22. The monoisotopic (exact) mass is 437 g/mol. The molecule has 0 saturated heterocycles. The number of amides is 1. The van der Waals surface area contributed by atoms with Crippen LogP contribution in [0.3, 0.4) is 0 Å². The lowest BCUT2D eigenvalue weighted by Crippen LogP contribution is -2.32. The molecule has 0 aliphatic carbocycles. The smallest absolute Gasteiger partial charge is 0.232 e. The first kappa shape index (κ1) is 23.0. The fraction of sp³-hybridized carbons (Fsp3) is 0.381. The molecule has 0 aromatic heterocycles. The van der Waals surface area contributed by atoms with Crippen molar-refractivity contribution in [2.24, 2.45) is 0 Å². The number of benzene rings is 2. The van der Waals surface area contributed by atoms with E-state index in [0.29, 0.717) is 23.7 Å². The van der Waals surface area contributed by atoms with Crippen molar-refractivity contribution in [3.8, 4) is 0 Å². The summed E-state index contributed by atoms with van der Waals surface area (Å²) in [6.45, 7) is 1.64. The van der Waals surface area contributed by atoms with E-state index in [2.05, 4.69) is 10.2 Å². The van der Waals surface area contributed by atoms with Crippen molar-refractivity contribution in [2.75, 3.05) is 42.1 Å². The van der Waals surface area contributed by atoms with Crippen molar-refractivity contribution < 1.29 is 13.2 Å². The van der Waals surface area contributed by atoms with Crippen LogP contribution >= 0.6 is 11.6 Å². The zero-order valence-corrected chi connectivity index (χ0v) is 18.4. The van der Waals surface area contributed by atoms with Crippen molar-refractivity contribution >= 4 is 38.9 Å². The SMILES string of the molecule is CN(CCCNC(=O)CCCN(c1cccc(Cl)c1)S(C)(=O)=O)c1ccccc1. The lowest BCUT2D eigenvalue weighted by molar-refractivity contribution is -0.121. The van der Waals surface area contributed by atoms with Crippen LogP contribution in [-0.4, -0.2) is 47.3 Å². The minimum absolute atomic E-state index is 0.0769. The molecule has 1 amide bonds. The van der Waals surface area contributed by atoms with Crippen LogP contribution < -0.4 is 14.5 Å². The van der Waals surface area contributed by atoms with Gasteiger partial charge in [0.25, 0.3) is 0 Å². The molecule has 29 heavy (non-hydrogen) atoms. The highest BCUT2D eigenvalue weighted by atomic mass is 35.5. The number of carbonyl (C=O) groups excluding carboxylic acids is 1. The van der Waals surface area contributed by atoms with Crippen molar-refractivity contribution in [1.82, 2.24) is 5.32 Å². The number of sulfonamides is 1. The summed E-state index contributed by atoms with van der Waals surface area (Å²) in [5.74, 6) is -0.0769. The van der Waals surface area contributed by atoms with Crippen molar-refractivity contribution in [2.45, 2.75) is 19.3 Å². The lowest BCUT2D eigenvalue weighted by atomic mass is 10.2. The van der Waals surface area contributed by atoms with Gasteiger partial charge in [0.1, 0.15) is 0 Å². The molecule has 2 rings (SSSR count). The summed E-state index contributed by atoms with van der Waals surface area (Å²) in [6.07, 6.45) is 2.67. The second-order valence-electron chi connectivity index (χ2n) is 6.88. The maximum Gasteiger partial charge on any atom is 0.232 e. The number of rotatable bonds is 11. The number of hydrogen-bond donors (Lipinski definition) is 1. The van der Waals surface area contributed by atoms with E-state index >= 15 is 0 Å². The summed E-state index contributed by atoms with van der Waals surface area (Å²) in [6, 6.07) is 16.8. The van der Waals surface area contributed by atoms with E-state index in [4.69, 9.17) is 11.6 Å². The zero-order chi connectivity index (χ0) is 21.3. The van der Waals surface area contributed by atoms with E-state index in [9.17, 15) is 13.2 Å². The van der Waals surface area contributed by atoms with Gasteiger partial charge in [-0.25, -0.2) is 8.42 Å². The summed E-state index contributed by atoms with van der Waals surface area (Å²) < 4.78 is 25.5. The van der Waals surface area contributed by atoms with Crippen molar-refractivity contribution in [3.05, 3.63) is 59.6 Å². The third-order valence-corrected chi connectivity index (χ3v) is 5.88. The van der Waals surface area contributed by atoms with Gasteiger partial charge in [0.15, 0.2) is 0 Å². The minimum Gasteiger partial charge on any atom is -0.375 e. The van der Waals surface area contributed by atoms with E-state index in [0.717, 1.165) is 24.9 Å². The summed E-state index contributed by atoms with van der Waals surface area (Å²) >= 11 is 5.97. The van der Waals surface area contributed by atoms with Crippen LogP contribution in [0.5, 0.6) is 0 Å². The van der Waals surface area contributed by atoms with Gasteiger partial charge in [-0.15, -0.1) is 0 Å². The lowest BCUT2D eigenvalue weighted by Gasteiger charge is -2.22. The Bertz CT molecular complexity index is 891. The molecule has 0 bridgehead atoms. The van der Waals surface area contributed by atoms with Crippen molar-refractivity contribution in [3.63, 3.8) is 0 Å². The minimum atomic E-state index is -3.45. The summed E-state index contributed by atoms with van der Waals surface area (Å²) in [5.41, 5.74) is 1.64. The Kier molecular flexibility index (Phi) is 8.79. The average molecular weight is 438 g/mol. The molecule has 1 N–H and O–H groups in total. The number of carbonyl (C=O) groups is 1. The third-order valence-electron chi connectivity index (χ3n) is 4.45. The number of para-hydroxylation sites is 1. The van der Waals surface area contributed by atoms with E-state index < -0.39 is 10.0 Å². The third kappa shape index (κ3) is 7.95. The molecule has 0 aliphatic heterocycles. The maximum atomic E-state index is 12.1. The fourth-order valence-corrected chi connectivity index (χ4v) is 4.09. The molecule has 0 atom stereocenters. The van der Waals surface area contributed by atoms with E-state index in [1.165, 1.54) is 4.31 Å². The molecule has 0 aliphatic rings. The van der Waals surface area contributed by atoms with Gasteiger partial charge < -0.3 is 10.2 Å². The molecule has 2 aromatic rings. The largest absolute Gasteiger partial charge is 0.375 e. The Balaban J connectivity index is 1.72. The highest BCUT2D eigenvalue weighted by Crippen LogP contribution is 2.22. The molecule has 0 unspecified atom stereocenters. The van der Waals surface area contributed by atoms with Gasteiger partial charge in [0.05, 0.1) is 11.9 Å². The molecule has 2 aromatic carbocycles. The molecule has 0 spiro atoms. The van der Waals surface area contributed by atoms with Gasteiger partial charge in [-0.2, -0.15) is 0 Å². The number of hydrogen-bond acceptors (Lipinski definition) is 4. The van der Waals surface area contributed by atoms with Gasteiger partial charge in [-0.1, -0.05) is 35.9 Å². The Labute approximate surface area is 178 Å². The van der Waals surface area contributed by atoms with Crippen LogP contribution in [0.4, 0.5) is 11.4 Å². The predicted octanol–water partition coefficient (Wildman–Crippen LogP) is 3.53. The summed E-state index contributed by atoms with van der Waals surface area (Å²) in [7, 11) is -1.43. The van der Waals surface area contributed by atoms with Crippen LogP contribution in [0.1, 0.15) is 19.3 Å². The highest BCUT2D eigenvalue weighted by molar-refractivity contribution is 7.92. The Morgan fingerprint density at radius 3 is 2.34 bits per heavy atom. The Morgan fingerprint density at radius 1 is 1.00 bits per heavy atom. The number of nitrogens with zero attached hydrogens (tertiary/aromatic N) is 2. The van der Waals surface area contributed by atoms with E-state index in [1.54, 1.807) is 24.3 Å². The molecule has 0 fully saturated rings. The maximum absolute atomic E-state index is 12.1. The number of anilines is 2. The number of halogens is 1. The quantitative estimate of drug-likeness (QED) is 0.546. The Hall–Kier alpha value is -2.25. The van der Waals surface area contributed by atoms with Crippen LogP contribution in [0.2, 0.25) is 5.02 Å². The van der Waals surface area contributed by atoms with Crippen molar-refractivity contribution in [1.29, 1.82) is 0 Å². The first-order chi connectivity index (χ1) is 13.8. The molecular formula is C21H28ClN3O3S. The first-order valence-corrected chi connectivity index (χ1v) is 11.8. The summed E-state index contributed by atoms with van der Waals surface area (Å²) in [4.78, 5) is 14.2.